The van der Waals surface area contributed by atoms with Gasteiger partial charge in [0.05, 0.1) is 17.0 Å². The molecule has 0 fully saturated rings. The summed E-state index contributed by atoms with van der Waals surface area (Å²) in [6, 6.07) is 13.2. The van der Waals surface area contributed by atoms with Crippen LogP contribution in [0.15, 0.2) is 42.5 Å². The molecule has 0 spiro atoms. The number of fused-ring (bicyclic) bond motifs is 1. The summed E-state index contributed by atoms with van der Waals surface area (Å²) in [4.78, 5) is 20.3. The zero-order valence-corrected chi connectivity index (χ0v) is 14.4. The Bertz CT molecular complexity index is 938. The van der Waals surface area contributed by atoms with Gasteiger partial charge in [-0.1, -0.05) is 18.2 Å². The van der Waals surface area contributed by atoms with Gasteiger partial charge < -0.3 is 15.8 Å². The molecule has 0 unspecified atom stereocenters. The lowest BCUT2D eigenvalue weighted by atomic mass is 10.0. The van der Waals surface area contributed by atoms with Crippen LogP contribution in [0.4, 0.5) is 5.95 Å². The Morgan fingerprint density at radius 1 is 1.12 bits per heavy atom. The quantitative estimate of drug-likeness (QED) is 0.764. The van der Waals surface area contributed by atoms with Gasteiger partial charge in [-0.2, -0.15) is 4.98 Å². The highest BCUT2D eigenvalue weighted by Gasteiger charge is 2.12. The number of hydrogen-bond donors (Lipinski definition) is 2. The van der Waals surface area contributed by atoms with Crippen LogP contribution in [0.2, 0.25) is 0 Å². The highest BCUT2D eigenvalue weighted by atomic mass is 16.5. The second-order valence-corrected chi connectivity index (χ2v) is 5.95. The summed E-state index contributed by atoms with van der Waals surface area (Å²) in [6.45, 7) is 3.86. The van der Waals surface area contributed by atoms with Crippen molar-refractivity contribution >= 4 is 22.8 Å². The standard InChI is InChI=1S/C19H20N4O2/c1-11(2)25-18-15-10-13(7-8-16(15)22-19(20)23-18)12-5-4-6-14(9-12)17(24)21-3/h4-11H,1-3H3,(H,21,24)(H2,20,22,23). The van der Waals surface area contributed by atoms with Crippen LogP contribution in [-0.2, 0) is 0 Å². The van der Waals surface area contributed by atoms with Crippen LogP contribution in [0.1, 0.15) is 24.2 Å². The monoisotopic (exact) mass is 336 g/mol. The average Bonchev–Trinajstić information content (AvgIpc) is 2.60. The molecule has 3 rings (SSSR count). The van der Waals surface area contributed by atoms with Crippen LogP contribution in [-0.4, -0.2) is 29.0 Å². The fourth-order valence-electron chi connectivity index (χ4n) is 2.59. The second-order valence-electron chi connectivity index (χ2n) is 5.95. The number of carbonyl (C=O) groups excluding carboxylic acids is 1. The van der Waals surface area contributed by atoms with E-state index in [4.69, 9.17) is 10.5 Å². The zero-order chi connectivity index (χ0) is 18.0. The van der Waals surface area contributed by atoms with E-state index in [1.165, 1.54) is 0 Å². The Balaban J connectivity index is 2.12. The Labute approximate surface area is 146 Å². The minimum absolute atomic E-state index is 0.0299. The third-order valence-corrected chi connectivity index (χ3v) is 3.71. The summed E-state index contributed by atoms with van der Waals surface area (Å²) in [5.74, 6) is 0.516. The molecule has 1 amide bonds. The highest BCUT2D eigenvalue weighted by Crippen LogP contribution is 2.30. The molecule has 1 aromatic heterocycles. The van der Waals surface area contributed by atoms with E-state index in [-0.39, 0.29) is 18.0 Å². The highest BCUT2D eigenvalue weighted by molar-refractivity contribution is 5.96. The maximum atomic E-state index is 11.9. The van der Waals surface area contributed by atoms with E-state index in [9.17, 15) is 4.79 Å². The number of nitrogens with zero attached hydrogens (tertiary/aromatic N) is 2. The second kappa shape index (κ2) is 6.76. The van der Waals surface area contributed by atoms with Crippen LogP contribution < -0.4 is 15.8 Å². The molecule has 6 heteroatoms. The number of hydrogen-bond acceptors (Lipinski definition) is 5. The molecule has 0 aliphatic carbocycles. The molecule has 1 heterocycles. The first-order valence-corrected chi connectivity index (χ1v) is 8.04. The molecule has 0 bridgehead atoms. The summed E-state index contributed by atoms with van der Waals surface area (Å²) in [5, 5.41) is 3.42. The lowest BCUT2D eigenvalue weighted by molar-refractivity contribution is 0.0963. The van der Waals surface area contributed by atoms with Gasteiger partial charge in [-0.25, -0.2) is 4.98 Å². The van der Waals surface area contributed by atoms with E-state index in [2.05, 4.69) is 15.3 Å². The molecule has 0 saturated heterocycles. The van der Waals surface area contributed by atoms with Crippen LogP contribution in [0.3, 0.4) is 0 Å². The van der Waals surface area contributed by atoms with Gasteiger partial charge in [0.1, 0.15) is 0 Å². The number of nitrogens with two attached hydrogens (primary N) is 1. The number of benzene rings is 2. The largest absolute Gasteiger partial charge is 0.474 e. The third-order valence-electron chi connectivity index (χ3n) is 3.71. The Hall–Kier alpha value is -3.15. The molecule has 2 aromatic carbocycles. The van der Waals surface area contributed by atoms with E-state index in [1.54, 1.807) is 13.1 Å². The van der Waals surface area contributed by atoms with Crippen molar-refractivity contribution in [3.63, 3.8) is 0 Å². The predicted octanol–water partition coefficient (Wildman–Crippen LogP) is 3.03. The first kappa shape index (κ1) is 16.7. The van der Waals surface area contributed by atoms with E-state index in [0.717, 1.165) is 16.5 Å². The number of ether oxygens (including phenoxy) is 1. The molecule has 3 aromatic rings. The van der Waals surface area contributed by atoms with Crippen molar-refractivity contribution in [3.8, 4) is 17.0 Å². The summed E-state index contributed by atoms with van der Waals surface area (Å²) in [7, 11) is 1.61. The van der Waals surface area contributed by atoms with Crippen molar-refractivity contribution in [2.75, 3.05) is 12.8 Å². The summed E-state index contributed by atoms with van der Waals surface area (Å²) >= 11 is 0. The molecular formula is C19H20N4O2. The van der Waals surface area contributed by atoms with Crippen molar-refractivity contribution in [1.82, 2.24) is 15.3 Å². The number of nitrogens with one attached hydrogen (secondary N) is 1. The van der Waals surface area contributed by atoms with Crippen molar-refractivity contribution < 1.29 is 9.53 Å². The topological polar surface area (TPSA) is 90.1 Å². The van der Waals surface area contributed by atoms with Crippen molar-refractivity contribution in [1.29, 1.82) is 0 Å². The fraction of sp³-hybridized carbons (Fsp3) is 0.211. The SMILES string of the molecule is CNC(=O)c1cccc(-c2ccc3nc(N)nc(OC(C)C)c3c2)c1. The molecule has 6 nitrogen and oxygen atoms in total. The molecule has 128 valence electrons. The molecule has 0 radical (unpaired) electrons. The van der Waals surface area contributed by atoms with Crippen molar-refractivity contribution in [3.05, 3.63) is 48.0 Å². The fourth-order valence-corrected chi connectivity index (χ4v) is 2.59. The maximum absolute atomic E-state index is 11.9. The van der Waals surface area contributed by atoms with Crippen LogP contribution in [0, 0.1) is 0 Å². The third kappa shape index (κ3) is 3.52. The van der Waals surface area contributed by atoms with Gasteiger partial charge in [0.25, 0.3) is 5.91 Å². The van der Waals surface area contributed by atoms with Gasteiger partial charge in [0, 0.05) is 12.6 Å². The van der Waals surface area contributed by atoms with Crippen LogP contribution in [0.25, 0.3) is 22.0 Å². The maximum Gasteiger partial charge on any atom is 0.251 e. The van der Waals surface area contributed by atoms with Gasteiger partial charge >= 0.3 is 0 Å². The molecule has 3 N–H and O–H groups in total. The average molecular weight is 336 g/mol. The number of aromatic nitrogens is 2. The number of amides is 1. The summed E-state index contributed by atoms with van der Waals surface area (Å²) in [5.41, 5.74) is 8.96. The minimum atomic E-state index is -0.123. The van der Waals surface area contributed by atoms with Crippen LogP contribution >= 0.6 is 0 Å². The Morgan fingerprint density at radius 2 is 1.88 bits per heavy atom. The summed E-state index contributed by atoms with van der Waals surface area (Å²) < 4.78 is 5.78. The first-order valence-electron chi connectivity index (χ1n) is 8.04. The number of carbonyl (C=O) groups is 1. The lowest BCUT2D eigenvalue weighted by Crippen LogP contribution is -2.17. The van der Waals surface area contributed by atoms with Gasteiger partial charge in [-0.15, -0.1) is 0 Å². The van der Waals surface area contributed by atoms with Crippen molar-refractivity contribution in [2.24, 2.45) is 0 Å². The number of anilines is 1. The molecule has 25 heavy (non-hydrogen) atoms. The number of rotatable bonds is 4. The predicted molar refractivity (Wildman–Crippen MR) is 98.5 cm³/mol. The first-order chi connectivity index (χ1) is 12.0. The van der Waals surface area contributed by atoms with E-state index < -0.39 is 0 Å². The van der Waals surface area contributed by atoms with Gasteiger partial charge in [-0.3, -0.25) is 4.79 Å². The lowest BCUT2D eigenvalue weighted by Gasteiger charge is -2.12. The molecular weight excluding hydrogens is 316 g/mol. The van der Waals surface area contributed by atoms with E-state index >= 15 is 0 Å². The number of nitrogen functional groups attached to an aromatic ring is 1. The van der Waals surface area contributed by atoms with E-state index in [0.29, 0.717) is 17.0 Å². The van der Waals surface area contributed by atoms with Gasteiger partial charge in [0.15, 0.2) is 0 Å². The van der Waals surface area contributed by atoms with Crippen molar-refractivity contribution in [2.45, 2.75) is 20.0 Å². The molecule has 0 atom stereocenters. The van der Waals surface area contributed by atoms with Gasteiger partial charge in [0.2, 0.25) is 11.8 Å². The minimum Gasteiger partial charge on any atom is -0.474 e. The molecule has 0 saturated carbocycles. The van der Waals surface area contributed by atoms with Crippen LogP contribution in [0.5, 0.6) is 5.88 Å². The Kier molecular flexibility index (Phi) is 4.52. The summed E-state index contributed by atoms with van der Waals surface area (Å²) in [6.07, 6.45) is -0.0299. The normalized spacial score (nSPS) is 10.9. The smallest absolute Gasteiger partial charge is 0.251 e. The zero-order valence-electron chi connectivity index (χ0n) is 14.4. The van der Waals surface area contributed by atoms with Gasteiger partial charge in [-0.05, 0) is 49.2 Å². The Morgan fingerprint density at radius 3 is 2.60 bits per heavy atom. The van der Waals surface area contributed by atoms with E-state index in [1.807, 2.05) is 50.2 Å². The molecule has 0 aliphatic heterocycles. The molecule has 0 aliphatic rings.